The van der Waals surface area contributed by atoms with Crippen molar-refractivity contribution in [1.29, 1.82) is 0 Å². The molecular formula is C14H25N5O. The summed E-state index contributed by atoms with van der Waals surface area (Å²) in [7, 11) is 0. The molecule has 0 amide bonds. The van der Waals surface area contributed by atoms with E-state index < -0.39 is 5.54 Å². The predicted molar refractivity (Wildman–Crippen MR) is 76.0 cm³/mol. The van der Waals surface area contributed by atoms with Gasteiger partial charge in [-0.25, -0.2) is 0 Å². The quantitative estimate of drug-likeness (QED) is 0.859. The third-order valence-corrected chi connectivity index (χ3v) is 4.08. The summed E-state index contributed by atoms with van der Waals surface area (Å²) in [6, 6.07) is 0. The lowest BCUT2D eigenvalue weighted by Gasteiger charge is -2.33. The van der Waals surface area contributed by atoms with Crippen molar-refractivity contribution in [1.82, 2.24) is 19.9 Å². The van der Waals surface area contributed by atoms with Crippen molar-refractivity contribution < 1.29 is 4.52 Å². The van der Waals surface area contributed by atoms with Gasteiger partial charge in [0.1, 0.15) is 0 Å². The van der Waals surface area contributed by atoms with Gasteiger partial charge in [-0.3, -0.25) is 4.90 Å². The number of rotatable bonds is 5. The van der Waals surface area contributed by atoms with Crippen LogP contribution in [0.3, 0.4) is 0 Å². The monoisotopic (exact) mass is 279 g/mol. The molecule has 0 atom stereocenters. The zero-order valence-electron chi connectivity index (χ0n) is 12.5. The van der Waals surface area contributed by atoms with Crippen molar-refractivity contribution in [2.75, 3.05) is 32.7 Å². The van der Waals surface area contributed by atoms with Crippen LogP contribution in [0.5, 0.6) is 0 Å². The number of aromatic nitrogens is 2. The smallest absolute Gasteiger partial charge is 0.240 e. The number of nitrogens with zero attached hydrogens (tertiary/aromatic N) is 4. The molecule has 3 rings (SSSR count). The molecule has 0 bridgehead atoms. The molecule has 0 radical (unpaired) electrons. The molecule has 1 aromatic rings. The fourth-order valence-electron chi connectivity index (χ4n) is 2.57. The van der Waals surface area contributed by atoms with Crippen LogP contribution in [0.1, 0.15) is 38.4 Å². The Labute approximate surface area is 120 Å². The number of piperazine rings is 1. The Morgan fingerprint density at radius 2 is 1.85 bits per heavy atom. The van der Waals surface area contributed by atoms with E-state index in [1.54, 1.807) is 0 Å². The van der Waals surface area contributed by atoms with Crippen LogP contribution in [0.2, 0.25) is 0 Å². The van der Waals surface area contributed by atoms with E-state index in [0.29, 0.717) is 11.7 Å². The van der Waals surface area contributed by atoms with E-state index in [1.807, 2.05) is 13.8 Å². The van der Waals surface area contributed by atoms with Crippen molar-refractivity contribution in [3.05, 3.63) is 11.7 Å². The standard InChI is InChI=1S/C14H25N5O/c1-14(2,15)13-16-12(20-17-13)10-19-7-5-18(6-8-19)9-11-3-4-11/h11H,3-10,15H2,1-2H3. The van der Waals surface area contributed by atoms with Gasteiger partial charge in [-0.1, -0.05) is 5.16 Å². The molecule has 2 N–H and O–H groups in total. The van der Waals surface area contributed by atoms with Gasteiger partial charge in [0.05, 0.1) is 12.1 Å². The van der Waals surface area contributed by atoms with Gasteiger partial charge < -0.3 is 15.2 Å². The summed E-state index contributed by atoms with van der Waals surface area (Å²) in [6.07, 6.45) is 2.86. The molecule has 2 heterocycles. The van der Waals surface area contributed by atoms with E-state index in [9.17, 15) is 0 Å². The minimum Gasteiger partial charge on any atom is -0.338 e. The molecule has 6 nitrogen and oxygen atoms in total. The second-order valence-electron chi connectivity index (χ2n) is 6.75. The third kappa shape index (κ3) is 3.56. The Balaban J connectivity index is 1.48. The summed E-state index contributed by atoms with van der Waals surface area (Å²) in [5, 5.41) is 3.97. The molecule has 0 spiro atoms. The van der Waals surface area contributed by atoms with Gasteiger partial charge in [-0.05, 0) is 32.6 Å². The van der Waals surface area contributed by atoms with Gasteiger partial charge in [0.25, 0.3) is 0 Å². The van der Waals surface area contributed by atoms with Crippen LogP contribution in [-0.2, 0) is 12.1 Å². The summed E-state index contributed by atoms with van der Waals surface area (Å²) in [5.41, 5.74) is 5.43. The van der Waals surface area contributed by atoms with Crippen LogP contribution in [0.15, 0.2) is 4.52 Å². The topological polar surface area (TPSA) is 71.4 Å². The maximum absolute atomic E-state index is 5.97. The molecule has 20 heavy (non-hydrogen) atoms. The number of nitrogens with two attached hydrogens (primary N) is 1. The van der Waals surface area contributed by atoms with Crippen molar-refractivity contribution in [3.63, 3.8) is 0 Å². The highest BCUT2D eigenvalue weighted by Gasteiger charge is 2.27. The van der Waals surface area contributed by atoms with Crippen LogP contribution in [0.4, 0.5) is 0 Å². The first-order chi connectivity index (χ1) is 9.50. The Kier molecular flexibility index (Phi) is 3.79. The highest BCUT2D eigenvalue weighted by molar-refractivity contribution is 4.99. The SMILES string of the molecule is CC(C)(N)c1noc(CN2CCN(CC3CC3)CC2)n1. The fourth-order valence-corrected chi connectivity index (χ4v) is 2.57. The molecular weight excluding hydrogens is 254 g/mol. The third-order valence-electron chi connectivity index (χ3n) is 4.08. The van der Waals surface area contributed by atoms with Crippen molar-refractivity contribution >= 4 is 0 Å². The maximum Gasteiger partial charge on any atom is 0.240 e. The summed E-state index contributed by atoms with van der Waals surface area (Å²) in [5.74, 6) is 2.24. The van der Waals surface area contributed by atoms with E-state index >= 15 is 0 Å². The van der Waals surface area contributed by atoms with Gasteiger partial charge in [-0.15, -0.1) is 0 Å². The molecule has 1 aliphatic carbocycles. The van der Waals surface area contributed by atoms with Crippen LogP contribution in [0, 0.1) is 5.92 Å². The maximum atomic E-state index is 5.97. The first-order valence-corrected chi connectivity index (χ1v) is 7.57. The number of hydrogen-bond donors (Lipinski definition) is 1. The van der Waals surface area contributed by atoms with Crippen molar-refractivity contribution in [2.24, 2.45) is 11.7 Å². The van der Waals surface area contributed by atoms with E-state index in [4.69, 9.17) is 10.3 Å². The van der Waals surface area contributed by atoms with E-state index in [-0.39, 0.29) is 0 Å². The average molecular weight is 279 g/mol. The van der Waals surface area contributed by atoms with Gasteiger partial charge in [0.2, 0.25) is 5.89 Å². The highest BCUT2D eigenvalue weighted by atomic mass is 16.5. The predicted octanol–water partition coefficient (Wildman–Crippen LogP) is 0.791. The second-order valence-corrected chi connectivity index (χ2v) is 6.75. The summed E-state index contributed by atoms with van der Waals surface area (Å²) in [6.45, 7) is 10.3. The van der Waals surface area contributed by atoms with Crippen molar-refractivity contribution in [3.8, 4) is 0 Å². The highest BCUT2D eigenvalue weighted by Crippen LogP contribution is 2.29. The van der Waals surface area contributed by atoms with E-state index in [2.05, 4.69) is 19.9 Å². The molecule has 0 unspecified atom stereocenters. The Bertz CT molecular complexity index is 441. The zero-order chi connectivity index (χ0) is 14.2. The van der Waals surface area contributed by atoms with Gasteiger partial charge in [0, 0.05) is 32.7 Å². The van der Waals surface area contributed by atoms with Crippen LogP contribution < -0.4 is 5.73 Å². The van der Waals surface area contributed by atoms with Gasteiger partial charge in [0.15, 0.2) is 5.82 Å². The first kappa shape index (κ1) is 14.0. The molecule has 1 saturated carbocycles. The normalized spacial score (nSPS) is 22.4. The van der Waals surface area contributed by atoms with Gasteiger partial charge >= 0.3 is 0 Å². The number of hydrogen-bond acceptors (Lipinski definition) is 6. The van der Waals surface area contributed by atoms with E-state index in [0.717, 1.165) is 38.6 Å². The molecule has 1 aliphatic heterocycles. The molecule has 112 valence electrons. The molecule has 1 saturated heterocycles. The molecule has 0 aromatic carbocycles. The summed E-state index contributed by atoms with van der Waals surface area (Å²) >= 11 is 0. The fraction of sp³-hybridized carbons (Fsp3) is 0.857. The van der Waals surface area contributed by atoms with Crippen LogP contribution in [-0.4, -0.2) is 52.7 Å². The first-order valence-electron chi connectivity index (χ1n) is 7.57. The Morgan fingerprint density at radius 3 is 2.40 bits per heavy atom. The zero-order valence-corrected chi connectivity index (χ0v) is 12.5. The van der Waals surface area contributed by atoms with Gasteiger partial charge in [-0.2, -0.15) is 4.98 Å². The minimum absolute atomic E-state index is 0.537. The molecule has 6 heteroatoms. The Hall–Kier alpha value is -0.980. The lowest BCUT2D eigenvalue weighted by atomic mass is 10.1. The summed E-state index contributed by atoms with van der Waals surface area (Å²) < 4.78 is 5.30. The molecule has 2 aliphatic rings. The summed E-state index contributed by atoms with van der Waals surface area (Å²) in [4.78, 5) is 9.35. The van der Waals surface area contributed by atoms with E-state index in [1.165, 1.54) is 19.4 Å². The van der Waals surface area contributed by atoms with Crippen molar-refractivity contribution in [2.45, 2.75) is 38.8 Å². The lowest BCUT2D eigenvalue weighted by Crippen LogP contribution is -2.46. The molecule has 2 fully saturated rings. The average Bonchev–Trinajstić information content (AvgIpc) is 3.06. The minimum atomic E-state index is -0.537. The van der Waals surface area contributed by atoms with Crippen LogP contribution >= 0.6 is 0 Å². The lowest BCUT2D eigenvalue weighted by molar-refractivity contribution is 0.113. The second kappa shape index (κ2) is 5.42. The van der Waals surface area contributed by atoms with Crippen LogP contribution in [0.25, 0.3) is 0 Å². The Morgan fingerprint density at radius 1 is 1.20 bits per heavy atom. The molecule has 1 aromatic heterocycles. The largest absolute Gasteiger partial charge is 0.338 e.